The summed E-state index contributed by atoms with van der Waals surface area (Å²) in [5.74, 6) is 0. The Balaban J connectivity index is 3.38. The zero-order valence-electron chi connectivity index (χ0n) is 6.57. The standard InChI is InChI=1S/C7H11N3O/c1-8-6-4-3-5-10(11)7(6)9-2/h3-5,8,11H,1-2H3. The normalized spacial score (nSPS) is 11.6. The molecule has 60 valence electrons. The highest BCUT2D eigenvalue weighted by atomic mass is 16.5. The van der Waals surface area contributed by atoms with Crippen LogP contribution in [0.25, 0.3) is 0 Å². The van der Waals surface area contributed by atoms with Gasteiger partial charge in [-0.3, -0.25) is 4.99 Å². The lowest BCUT2D eigenvalue weighted by Crippen LogP contribution is -2.21. The average molecular weight is 153 g/mol. The van der Waals surface area contributed by atoms with Crippen LogP contribution in [-0.4, -0.2) is 24.0 Å². The third-order valence-corrected chi connectivity index (χ3v) is 1.43. The Morgan fingerprint density at radius 2 is 2.36 bits per heavy atom. The van der Waals surface area contributed by atoms with Crippen molar-refractivity contribution in [2.24, 2.45) is 4.99 Å². The fourth-order valence-corrected chi connectivity index (χ4v) is 0.907. The van der Waals surface area contributed by atoms with Crippen LogP contribution in [0.1, 0.15) is 0 Å². The van der Waals surface area contributed by atoms with Crippen molar-refractivity contribution in [1.82, 2.24) is 4.73 Å². The van der Waals surface area contributed by atoms with Crippen LogP contribution in [-0.2, 0) is 0 Å². The molecule has 11 heavy (non-hydrogen) atoms. The second-order valence-corrected chi connectivity index (χ2v) is 2.06. The maximum atomic E-state index is 9.21. The Morgan fingerprint density at radius 3 is 2.82 bits per heavy atom. The van der Waals surface area contributed by atoms with Crippen molar-refractivity contribution in [1.29, 1.82) is 0 Å². The largest absolute Gasteiger partial charge is 0.427 e. The average Bonchev–Trinajstić information content (AvgIpc) is 2.04. The molecular formula is C7H11N3O. The van der Waals surface area contributed by atoms with E-state index in [1.54, 1.807) is 20.2 Å². The molecule has 1 aromatic heterocycles. The first-order valence-corrected chi connectivity index (χ1v) is 3.31. The summed E-state index contributed by atoms with van der Waals surface area (Å²) < 4.78 is 0.978. The molecule has 0 spiro atoms. The molecule has 0 unspecified atom stereocenters. The van der Waals surface area contributed by atoms with Gasteiger partial charge in [0.1, 0.15) is 0 Å². The van der Waals surface area contributed by atoms with Gasteiger partial charge >= 0.3 is 0 Å². The van der Waals surface area contributed by atoms with Crippen molar-refractivity contribution in [2.75, 3.05) is 19.4 Å². The van der Waals surface area contributed by atoms with Crippen LogP contribution < -0.4 is 10.8 Å². The van der Waals surface area contributed by atoms with E-state index in [4.69, 9.17) is 0 Å². The van der Waals surface area contributed by atoms with Gasteiger partial charge in [-0.1, -0.05) is 0 Å². The molecule has 0 amide bonds. The van der Waals surface area contributed by atoms with Gasteiger partial charge in [0.25, 0.3) is 0 Å². The maximum absolute atomic E-state index is 9.21. The molecule has 0 aliphatic carbocycles. The minimum Gasteiger partial charge on any atom is -0.427 e. The monoisotopic (exact) mass is 153 g/mol. The fraction of sp³-hybridized carbons (Fsp3) is 0.286. The summed E-state index contributed by atoms with van der Waals surface area (Å²) in [6.45, 7) is 0. The molecule has 0 saturated heterocycles. The van der Waals surface area contributed by atoms with E-state index in [1.807, 2.05) is 6.07 Å². The molecule has 0 fully saturated rings. The number of pyridine rings is 1. The van der Waals surface area contributed by atoms with Crippen LogP contribution in [0, 0.1) is 0 Å². The molecule has 1 heterocycles. The smallest absolute Gasteiger partial charge is 0.186 e. The van der Waals surface area contributed by atoms with Crippen LogP contribution in [0.3, 0.4) is 0 Å². The minimum atomic E-state index is 0.523. The van der Waals surface area contributed by atoms with Crippen molar-refractivity contribution >= 4 is 5.69 Å². The van der Waals surface area contributed by atoms with E-state index < -0.39 is 0 Å². The maximum Gasteiger partial charge on any atom is 0.186 e. The number of nitrogens with zero attached hydrogens (tertiary/aromatic N) is 2. The van der Waals surface area contributed by atoms with Crippen molar-refractivity contribution < 1.29 is 5.21 Å². The summed E-state index contributed by atoms with van der Waals surface area (Å²) in [5.41, 5.74) is 1.33. The first-order valence-electron chi connectivity index (χ1n) is 3.31. The Morgan fingerprint density at radius 1 is 1.64 bits per heavy atom. The first-order chi connectivity index (χ1) is 5.29. The molecule has 4 nitrogen and oxygen atoms in total. The number of hydrogen-bond acceptors (Lipinski definition) is 3. The zero-order chi connectivity index (χ0) is 8.27. The van der Waals surface area contributed by atoms with Crippen LogP contribution in [0.5, 0.6) is 0 Å². The Bertz CT molecular complexity index is 303. The summed E-state index contributed by atoms with van der Waals surface area (Å²) >= 11 is 0. The van der Waals surface area contributed by atoms with Gasteiger partial charge in [-0.2, -0.15) is 4.73 Å². The molecule has 2 N–H and O–H groups in total. The molecular weight excluding hydrogens is 142 g/mol. The van der Waals surface area contributed by atoms with Crippen molar-refractivity contribution in [2.45, 2.75) is 0 Å². The van der Waals surface area contributed by atoms with E-state index in [1.165, 1.54) is 6.20 Å². The van der Waals surface area contributed by atoms with Crippen LogP contribution in [0.4, 0.5) is 5.69 Å². The van der Waals surface area contributed by atoms with Gasteiger partial charge in [0.2, 0.25) is 0 Å². The van der Waals surface area contributed by atoms with Gasteiger partial charge in [-0.05, 0) is 12.1 Å². The zero-order valence-corrected chi connectivity index (χ0v) is 6.57. The highest BCUT2D eigenvalue weighted by molar-refractivity contribution is 5.38. The number of nitrogens with one attached hydrogen (secondary N) is 1. The Labute approximate surface area is 64.8 Å². The lowest BCUT2D eigenvalue weighted by Gasteiger charge is -2.02. The van der Waals surface area contributed by atoms with Gasteiger partial charge in [0.05, 0.1) is 5.69 Å². The van der Waals surface area contributed by atoms with E-state index in [2.05, 4.69) is 10.3 Å². The lowest BCUT2D eigenvalue weighted by molar-refractivity contribution is 0.172. The third-order valence-electron chi connectivity index (χ3n) is 1.43. The molecule has 0 bridgehead atoms. The van der Waals surface area contributed by atoms with Crippen molar-refractivity contribution in [3.05, 3.63) is 23.8 Å². The van der Waals surface area contributed by atoms with Gasteiger partial charge in [-0.25, -0.2) is 0 Å². The second-order valence-electron chi connectivity index (χ2n) is 2.06. The molecule has 0 atom stereocenters. The number of rotatable bonds is 1. The number of hydrogen-bond donors (Lipinski definition) is 2. The summed E-state index contributed by atoms with van der Waals surface area (Å²) in [5, 5.41) is 12.1. The molecule has 0 saturated carbocycles. The summed E-state index contributed by atoms with van der Waals surface area (Å²) in [7, 11) is 3.41. The fourth-order valence-electron chi connectivity index (χ4n) is 0.907. The van der Waals surface area contributed by atoms with Crippen LogP contribution in [0.2, 0.25) is 0 Å². The Kier molecular flexibility index (Phi) is 2.15. The minimum absolute atomic E-state index is 0.523. The van der Waals surface area contributed by atoms with Crippen LogP contribution >= 0.6 is 0 Å². The molecule has 0 radical (unpaired) electrons. The summed E-state index contributed by atoms with van der Waals surface area (Å²) in [4.78, 5) is 3.89. The van der Waals surface area contributed by atoms with E-state index in [9.17, 15) is 5.21 Å². The molecule has 4 heteroatoms. The van der Waals surface area contributed by atoms with Gasteiger partial charge in [0, 0.05) is 20.3 Å². The number of anilines is 1. The topological polar surface area (TPSA) is 49.5 Å². The van der Waals surface area contributed by atoms with E-state index in [0.717, 1.165) is 10.4 Å². The SMILES string of the molecule is CN=c1c(NC)cccn1O. The first kappa shape index (κ1) is 7.65. The van der Waals surface area contributed by atoms with Crippen molar-refractivity contribution in [3.63, 3.8) is 0 Å². The molecule has 1 aromatic rings. The molecule has 1 rings (SSSR count). The predicted molar refractivity (Wildman–Crippen MR) is 42.7 cm³/mol. The third kappa shape index (κ3) is 1.34. The lowest BCUT2D eigenvalue weighted by atomic mass is 10.4. The highest BCUT2D eigenvalue weighted by Gasteiger charge is 1.94. The molecule has 0 aliphatic heterocycles. The number of aromatic nitrogens is 1. The van der Waals surface area contributed by atoms with Gasteiger partial charge in [0.15, 0.2) is 5.49 Å². The second kappa shape index (κ2) is 3.09. The molecule has 0 aliphatic rings. The van der Waals surface area contributed by atoms with E-state index >= 15 is 0 Å². The quantitative estimate of drug-likeness (QED) is 0.570. The van der Waals surface area contributed by atoms with Gasteiger partial charge in [-0.15, -0.1) is 0 Å². The van der Waals surface area contributed by atoms with Crippen molar-refractivity contribution in [3.8, 4) is 0 Å². The highest BCUT2D eigenvalue weighted by Crippen LogP contribution is 1.94. The summed E-state index contributed by atoms with van der Waals surface area (Å²) in [6, 6.07) is 3.58. The van der Waals surface area contributed by atoms with E-state index in [0.29, 0.717) is 5.49 Å². The summed E-state index contributed by atoms with van der Waals surface area (Å²) in [6.07, 6.45) is 1.53. The molecule has 0 aromatic carbocycles. The predicted octanol–water partition coefficient (Wildman–Crippen LogP) is 0.298. The van der Waals surface area contributed by atoms with Gasteiger partial charge < -0.3 is 10.5 Å². The van der Waals surface area contributed by atoms with Crippen LogP contribution in [0.15, 0.2) is 23.3 Å². The Hall–Kier alpha value is -1.45. The van der Waals surface area contributed by atoms with E-state index in [-0.39, 0.29) is 0 Å².